The van der Waals surface area contributed by atoms with Crippen molar-refractivity contribution < 1.29 is 14.3 Å². The lowest BCUT2D eigenvalue weighted by Crippen LogP contribution is -2.40. The molecule has 0 saturated heterocycles. The predicted octanol–water partition coefficient (Wildman–Crippen LogP) is 2.70. The Kier molecular flexibility index (Phi) is 6.22. The van der Waals surface area contributed by atoms with Crippen LogP contribution in [-0.4, -0.2) is 24.5 Å². The highest BCUT2D eigenvalue weighted by Crippen LogP contribution is 2.11. The zero-order valence-corrected chi connectivity index (χ0v) is 12.6. The second-order valence-corrected chi connectivity index (χ2v) is 5.15. The predicted molar refractivity (Wildman–Crippen MR) is 78.5 cm³/mol. The van der Waals surface area contributed by atoms with Crippen molar-refractivity contribution in [2.24, 2.45) is 5.92 Å². The van der Waals surface area contributed by atoms with Crippen LogP contribution in [0.15, 0.2) is 24.3 Å². The Bertz CT molecular complexity index is 469. The van der Waals surface area contributed by atoms with E-state index in [1.54, 1.807) is 13.0 Å². The monoisotopic (exact) mass is 277 g/mol. The Morgan fingerprint density at radius 1 is 1.25 bits per heavy atom. The molecule has 0 fully saturated rings. The van der Waals surface area contributed by atoms with Gasteiger partial charge >= 0.3 is 5.97 Å². The Morgan fingerprint density at radius 3 is 2.45 bits per heavy atom. The van der Waals surface area contributed by atoms with Crippen LogP contribution in [0.4, 0.5) is 0 Å². The number of benzene rings is 1. The van der Waals surface area contributed by atoms with E-state index in [2.05, 4.69) is 5.32 Å². The van der Waals surface area contributed by atoms with Gasteiger partial charge in [-0.05, 0) is 31.4 Å². The van der Waals surface area contributed by atoms with Crippen LogP contribution in [-0.2, 0) is 9.53 Å². The van der Waals surface area contributed by atoms with Crippen molar-refractivity contribution >= 4 is 11.9 Å². The van der Waals surface area contributed by atoms with Crippen LogP contribution in [0.1, 0.15) is 43.1 Å². The number of ether oxygens (including phenoxy) is 1. The molecule has 0 radical (unpaired) electrons. The van der Waals surface area contributed by atoms with Gasteiger partial charge in [0, 0.05) is 11.6 Å². The van der Waals surface area contributed by atoms with Crippen LogP contribution in [0, 0.1) is 12.8 Å². The average Bonchev–Trinajstić information content (AvgIpc) is 2.38. The molecular weight excluding hydrogens is 254 g/mol. The second-order valence-electron chi connectivity index (χ2n) is 5.15. The fourth-order valence-electron chi connectivity index (χ4n) is 1.93. The molecule has 1 amide bonds. The average molecular weight is 277 g/mol. The molecule has 0 bridgehead atoms. The molecule has 1 unspecified atom stereocenters. The number of carbonyl (C=O) groups is 2. The molecule has 0 saturated carbocycles. The van der Waals surface area contributed by atoms with Gasteiger partial charge in [-0.3, -0.25) is 9.59 Å². The third kappa shape index (κ3) is 4.68. The molecule has 1 N–H and O–H groups in total. The highest BCUT2D eigenvalue weighted by molar-refractivity contribution is 5.96. The number of rotatable bonds is 6. The molecule has 4 heteroatoms. The van der Waals surface area contributed by atoms with Gasteiger partial charge in [-0.1, -0.05) is 32.0 Å². The second kappa shape index (κ2) is 7.68. The highest BCUT2D eigenvalue weighted by atomic mass is 16.5. The van der Waals surface area contributed by atoms with Crippen LogP contribution in [0.3, 0.4) is 0 Å². The van der Waals surface area contributed by atoms with Crippen molar-refractivity contribution in [3.05, 3.63) is 35.4 Å². The summed E-state index contributed by atoms with van der Waals surface area (Å²) in [5.41, 5.74) is 1.56. The van der Waals surface area contributed by atoms with E-state index in [9.17, 15) is 9.59 Å². The number of nitrogens with one attached hydrogen (secondary N) is 1. The zero-order valence-electron chi connectivity index (χ0n) is 12.6. The summed E-state index contributed by atoms with van der Waals surface area (Å²) >= 11 is 0. The number of amides is 1. The van der Waals surface area contributed by atoms with Crippen molar-refractivity contribution in [2.45, 2.75) is 40.2 Å². The van der Waals surface area contributed by atoms with E-state index in [0.717, 1.165) is 5.56 Å². The standard InChI is InChI=1S/C16H23NO3/c1-5-20-15(18)10-14(11(2)3)17-16(19)13-9-7-6-8-12(13)4/h6-9,11,14H,5,10H2,1-4H3,(H,17,19). The maximum atomic E-state index is 12.3. The van der Waals surface area contributed by atoms with Crippen molar-refractivity contribution in [2.75, 3.05) is 6.61 Å². The molecule has 0 spiro atoms. The first-order valence-electron chi connectivity index (χ1n) is 6.97. The molecule has 0 aromatic heterocycles. The fourth-order valence-corrected chi connectivity index (χ4v) is 1.93. The van der Waals surface area contributed by atoms with Crippen LogP contribution < -0.4 is 5.32 Å². The van der Waals surface area contributed by atoms with Gasteiger partial charge in [0.2, 0.25) is 0 Å². The smallest absolute Gasteiger partial charge is 0.307 e. The molecule has 0 heterocycles. The van der Waals surface area contributed by atoms with Crippen LogP contribution >= 0.6 is 0 Å². The molecule has 1 aromatic carbocycles. The minimum absolute atomic E-state index is 0.147. The topological polar surface area (TPSA) is 55.4 Å². The minimum atomic E-state index is -0.281. The molecule has 1 aromatic rings. The first-order chi connectivity index (χ1) is 9.45. The summed E-state index contributed by atoms with van der Waals surface area (Å²) in [5, 5.41) is 2.92. The quantitative estimate of drug-likeness (QED) is 0.813. The summed E-state index contributed by atoms with van der Waals surface area (Å²) in [6, 6.07) is 7.18. The van der Waals surface area contributed by atoms with Gasteiger partial charge in [0.1, 0.15) is 0 Å². The Balaban J connectivity index is 2.73. The fraction of sp³-hybridized carbons (Fsp3) is 0.500. The molecule has 0 aliphatic carbocycles. The molecule has 0 aliphatic heterocycles. The number of hydrogen-bond acceptors (Lipinski definition) is 3. The van der Waals surface area contributed by atoms with Crippen molar-refractivity contribution in [1.82, 2.24) is 5.32 Å². The van der Waals surface area contributed by atoms with Gasteiger partial charge in [0.25, 0.3) is 5.91 Å². The van der Waals surface area contributed by atoms with Crippen molar-refractivity contribution in [3.63, 3.8) is 0 Å². The van der Waals surface area contributed by atoms with Crippen LogP contribution in [0.5, 0.6) is 0 Å². The first kappa shape index (κ1) is 16.2. The Labute approximate surface area is 120 Å². The largest absolute Gasteiger partial charge is 0.466 e. The van der Waals surface area contributed by atoms with Gasteiger partial charge in [0.15, 0.2) is 0 Å². The lowest BCUT2D eigenvalue weighted by molar-refractivity contribution is -0.143. The van der Waals surface area contributed by atoms with Crippen LogP contribution in [0.25, 0.3) is 0 Å². The molecule has 1 atom stereocenters. The number of hydrogen-bond donors (Lipinski definition) is 1. The van der Waals surface area contributed by atoms with Gasteiger partial charge in [-0.25, -0.2) is 0 Å². The maximum absolute atomic E-state index is 12.3. The van der Waals surface area contributed by atoms with Gasteiger partial charge in [-0.2, -0.15) is 0 Å². The molecule has 0 aliphatic rings. The lowest BCUT2D eigenvalue weighted by Gasteiger charge is -2.22. The van der Waals surface area contributed by atoms with E-state index >= 15 is 0 Å². The molecule has 20 heavy (non-hydrogen) atoms. The third-order valence-electron chi connectivity index (χ3n) is 3.20. The molecule has 1 rings (SSSR count). The van der Waals surface area contributed by atoms with Crippen molar-refractivity contribution in [1.29, 1.82) is 0 Å². The number of aryl methyl sites for hydroxylation is 1. The Hall–Kier alpha value is -1.84. The lowest BCUT2D eigenvalue weighted by atomic mass is 10.00. The van der Waals surface area contributed by atoms with E-state index in [-0.39, 0.29) is 30.3 Å². The maximum Gasteiger partial charge on any atom is 0.307 e. The van der Waals surface area contributed by atoms with E-state index in [0.29, 0.717) is 12.2 Å². The summed E-state index contributed by atoms with van der Waals surface area (Å²) in [7, 11) is 0. The summed E-state index contributed by atoms with van der Waals surface area (Å²) in [6.07, 6.45) is 0.198. The highest BCUT2D eigenvalue weighted by Gasteiger charge is 2.21. The van der Waals surface area contributed by atoms with Gasteiger partial charge < -0.3 is 10.1 Å². The van der Waals surface area contributed by atoms with E-state index in [4.69, 9.17) is 4.74 Å². The summed E-state index contributed by atoms with van der Waals surface area (Å²) in [4.78, 5) is 23.8. The van der Waals surface area contributed by atoms with Crippen LogP contribution in [0.2, 0.25) is 0 Å². The van der Waals surface area contributed by atoms with E-state index in [1.807, 2.05) is 39.0 Å². The SMILES string of the molecule is CCOC(=O)CC(NC(=O)c1ccccc1C)C(C)C. The number of esters is 1. The summed E-state index contributed by atoms with van der Waals surface area (Å²) < 4.78 is 4.94. The summed E-state index contributed by atoms with van der Waals surface area (Å²) in [5.74, 6) is -0.269. The molecule has 110 valence electrons. The Morgan fingerprint density at radius 2 is 1.90 bits per heavy atom. The third-order valence-corrected chi connectivity index (χ3v) is 3.20. The van der Waals surface area contributed by atoms with Gasteiger partial charge in [-0.15, -0.1) is 0 Å². The molecular formula is C16H23NO3. The first-order valence-corrected chi connectivity index (χ1v) is 6.97. The number of carbonyl (C=O) groups excluding carboxylic acids is 2. The molecule has 4 nitrogen and oxygen atoms in total. The van der Waals surface area contributed by atoms with Crippen molar-refractivity contribution in [3.8, 4) is 0 Å². The van der Waals surface area contributed by atoms with E-state index < -0.39 is 0 Å². The van der Waals surface area contributed by atoms with E-state index in [1.165, 1.54) is 0 Å². The minimum Gasteiger partial charge on any atom is -0.466 e. The van der Waals surface area contributed by atoms with Gasteiger partial charge in [0.05, 0.1) is 13.0 Å². The summed E-state index contributed by atoms with van der Waals surface area (Å²) in [6.45, 7) is 7.97. The normalized spacial score (nSPS) is 12.1. The zero-order chi connectivity index (χ0) is 15.1.